The second-order valence-electron chi connectivity index (χ2n) is 5.94. The predicted molar refractivity (Wildman–Crippen MR) is 90.2 cm³/mol. The SMILES string of the molecule is O=C1N=c2ccccc2=CC1Cc1nnc(-c2cn3cccnc3n2)o1. The lowest BCUT2D eigenvalue weighted by atomic mass is 10.0. The minimum Gasteiger partial charge on any atom is -0.419 e. The van der Waals surface area contributed by atoms with Gasteiger partial charge in [0.15, 0.2) is 0 Å². The third-order valence-electron chi connectivity index (χ3n) is 4.18. The Balaban J connectivity index is 1.44. The molecule has 26 heavy (non-hydrogen) atoms. The molecule has 0 bridgehead atoms. The van der Waals surface area contributed by atoms with E-state index in [0.717, 1.165) is 5.22 Å². The van der Waals surface area contributed by atoms with E-state index in [1.165, 1.54) is 0 Å². The van der Waals surface area contributed by atoms with Crippen LogP contribution in [-0.4, -0.2) is 30.5 Å². The lowest BCUT2D eigenvalue weighted by Gasteiger charge is -2.09. The zero-order valence-electron chi connectivity index (χ0n) is 13.5. The van der Waals surface area contributed by atoms with Gasteiger partial charge >= 0.3 is 0 Å². The molecule has 0 saturated heterocycles. The number of nitrogens with zero attached hydrogens (tertiary/aromatic N) is 6. The van der Waals surface area contributed by atoms with Crippen LogP contribution in [0.3, 0.4) is 0 Å². The summed E-state index contributed by atoms with van der Waals surface area (Å²) in [5.41, 5.74) is 0.538. The lowest BCUT2D eigenvalue weighted by molar-refractivity contribution is -0.120. The Labute approximate surface area is 146 Å². The van der Waals surface area contributed by atoms with Crippen molar-refractivity contribution in [2.24, 2.45) is 10.9 Å². The third kappa shape index (κ3) is 2.48. The Bertz CT molecular complexity index is 1220. The van der Waals surface area contributed by atoms with Crippen LogP contribution in [0.1, 0.15) is 5.89 Å². The van der Waals surface area contributed by atoms with Crippen LogP contribution in [-0.2, 0) is 11.2 Å². The van der Waals surface area contributed by atoms with Crippen LogP contribution in [0.2, 0.25) is 0 Å². The number of hydrogen-bond donors (Lipinski definition) is 0. The number of amides is 1. The van der Waals surface area contributed by atoms with E-state index in [2.05, 4.69) is 25.2 Å². The quantitative estimate of drug-likeness (QED) is 0.539. The number of benzene rings is 1. The molecule has 1 aromatic carbocycles. The molecule has 1 unspecified atom stereocenters. The molecule has 1 aliphatic rings. The van der Waals surface area contributed by atoms with E-state index < -0.39 is 5.92 Å². The molecule has 0 N–H and O–H groups in total. The first-order chi connectivity index (χ1) is 12.8. The minimum atomic E-state index is -0.416. The highest BCUT2D eigenvalue weighted by Gasteiger charge is 2.22. The predicted octanol–water partition coefficient (Wildman–Crippen LogP) is 0.578. The van der Waals surface area contributed by atoms with Crippen LogP contribution in [0.15, 0.2) is 58.3 Å². The highest BCUT2D eigenvalue weighted by atomic mass is 16.4. The normalized spacial score (nSPS) is 16.2. The number of rotatable bonds is 3. The van der Waals surface area contributed by atoms with Crippen LogP contribution in [0.5, 0.6) is 0 Å². The molecule has 0 fully saturated rings. The van der Waals surface area contributed by atoms with E-state index in [-0.39, 0.29) is 5.91 Å². The van der Waals surface area contributed by atoms with Crippen molar-refractivity contribution in [3.63, 3.8) is 0 Å². The van der Waals surface area contributed by atoms with E-state index in [9.17, 15) is 4.79 Å². The van der Waals surface area contributed by atoms with Crippen LogP contribution in [0.4, 0.5) is 0 Å². The minimum absolute atomic E-state index is 0.208. The van der Waals surface area contributed by atoms with Gasteiger partial charge in [-0.2, -0.15) is 0 Å². The Kier molecular flexibility index (Phi) is 3.21. The monoisotopic (exact) mass is 344 g/mol. The van der Waals surface area contributed by atoms with Crippen molar-refractivity contribution in [1.82, 2.24) is 24.6 Å². The van der Waals surface area contributed by atoms with Gasteiger partial charge in [-0.3, -0.25) is 9.20 Å². The summed E-state index contributed by atoms with van der Waals surface area (Å²) < 4.78 is 7.47. The van der Waals surface area contributed by atoms with E-state index >= 15 is 0 Å². The molecule has 1 atom stereocenters. The van der Waals surface area contributed by atoms with E-state index in [1.54, 1.807) is 16.8 Å². The fourth-order valence-corrected chi connectivity index (χ4v) is 2.93. The van der Waals surface area contributed by atoms with Gasteiger partial charge in [0.2, 0.25) is 11.7 Å². The first-order valence-electron chi connectivity index (χ1n) is 8.08. The maximum absolute atomic E-state index is 12.2. The summed E-state index contributed by atoms with van der Waals surface area (Å²) in [5.74, 6) is 0.593. The smallest absolute Gasteiger partial charge is 0.267 e. The van der Waals surface area contributed by atoms with Gasteiger partial charge in [0.25, 0.3) is 11.8 Å². The summed E-state index contributed by atoms with van der Waals surface area (Å²) >= 11 is 0. The summed E-state index contributed by atoms with van der Waals surface area (Å²) in [7, 11) is 0. The summed E-state index contributed by atoms with van der Waals surface area (Å²) in [6, 6.07) is 9.34. The van der Waals surface area contributed by atoms with Gasteiger partial charge in [-0.05, 0) is 17.4 Å². The standard InChI is InChI=1S/C18H12N6O2/c25-16-12(8-11-4-1-2-5-13(11)20-16)9-15-22-23-17(26-15)14-10-24-7-3-6-19-18(24)21-14/h1-8,10,12H,9H2. The molecular weight excluding hydrogens is 332 g/mol. The molecular formula is C18H12N6O2. The van der Waals surface area contributed by atoms with Crippen molar-refractivity contribution in [3.05, 3.63) is 65.4 Å². The van der Waals surface area contributed by atoms with E-state index in [1.807, 2.05) is 42.6 Å². The lowest BCUT2D eigenvalue weighted by Crippen LogP contribution is -2.34. The van der Waals surface area contributed by atoms with Crippen molar-refractivity contribution in [1.29, 1.82) is 0 Å². The van der Waals surface area contributed by atoms with Crippen LogP contribution < -0.4 is 10.6 Å². The van der Waals surface area contributed by atoms with Crippen molar-refractivity contribution in [3.8, 4) is 11.6 Å². The number of para-hydroxylation sites is 1. The summed E-state index contributed by atoms with van der Waals surface area (Å²) in [4.78, 5) is 24.9. The van der Waals surface area contributed by atoms with Gasteiger partial charge in [-0.15, -0.1) is 10.2 Å². The fraction of sp³-hybridized carbons (Fsp3) is 0.111. The van der Waals surface area contributed by atoms with Crippen molar-refractivity contribution < 1.29 is 9.21 Å². The van der Waals surface area contributed by atoms with Crippen molar-refractivity contribution in [2.75, 3.05) is 0 Å². The fourth-order valence-electron chi connectivity index (χ4n) is 2.93. The molecule has 8 nitrogen and oxygen atoms in total. The molecule has 0 radical (unpaired) electrons. The molecule has 126 valence electrons. The molecule has 0 spiro atoms. The number of carbonyl (C=O) groups is 1. The Morgan fingerprint density at radius 3 is 3.00 bits per heavy atom. The zero-order chi connectivity index (χ0) is 17.5. The van der Waals surface area contributed by atoms with E-state index in [4.69, 9.17) is 4.42 Å². The second-order valence-corrected chi connectivity index (χ2v) is 5.94. The molecule has 4 heterocycles. The van der Waals surface area contributed by atoms with Crippen molar-refractivity contribution in [2.45, 2.75) is 6.42 Å². The largest absolute Gasteiger partial charge is 0.419 e. The summed E-state index contributed by atoms with van der Waals surface area (Å²) in [5, 5.41) is 9.71. The first kappa shape index (κ1) is 14.6. The van der Waals surface area contributed by atoms with E-state index in [0.29, 0.717) is 35.0 Å². The third-order valence-corrected chi connectivity index (χ3v) is 4.18. The van der Waals surface area contributed by atoms with Gasteiger partial charge in [-0.1, -0.05) is 24.3 Å². The van der Waals surface area contributed by atoms with Crippen LogP contribution in [0.25, 0.3) is 23.4 Å². The Morgan fingerprint density at radius 1 is 1.15 bits per heavy atom. The maximum Gasteiger partial charge on any atom is 0.267 e. The topological polar surface area (TPSA) is 98.5 Å². The maximum atomic E-state index is 12.2. The average molecular weight is 344 g/mol. The molecule has 8 heteroatoms. The molecule has 1 amide bonds. The molecule has 1 aliphatic heterocycles. The van der Waals surface area contributed by atoms with Gasteiger partial charge < -0.3 is 4.42 Å². The van der Waals surface area contributed by atoms with Gasteiger partial charge in [0, 0.05) is 25.0 Å². The zero-order valence-corrected chi connectivity index (χ0v) is 13.5. The number of aromatic nitrogens is 5. The van der Waals surface area contributed by atoms with Gasteiger partial charge in [0.05, 0.1) is 11.3 Å². The van der Waals surface area contributed by atoms with Crippen molar-refractivity contribution >= 4 is 17.8 Å². The number of carbonyl (C=O) groups excluding carboxylic acids is 1. The molecule has 4 aromatic rings. The number of hydrogen-bond acceptors (Lipinski definition) is 6. The Morgan fingerprint density at radius 2 is 2.08 bits per heavy atom. The van der Waals surface area contributed by atoms with Crippen LogP contribution >= 0.6 is 0 Å². The molecule has 0 saturated carbocycles. The highest BCUT2D eigenvalue weighted by Crippen LogP contribution is 2.19. The summed E-state index contributed by atoms with van der Waals surface area (Å²) in [6.45, 7) is 0. The Hall–Kier alpha value is -3.68. The summed E-state index contributed by atoms with van der Waals surface area (Å²) in [6.07, 6.45) is 7.46. The first-order valence-corrected chi connectivity index (χ1v) is 8.08. The van der Waals surface area contributed by atoms with Gasteiger partial charge in [-0.25, -0.2) is 15.0 Å². The van der Waals surface area contributed by atoms with Crippen LogP contribution in [0, 0.1) is 5.92 Å². The molecule has 5 rings (SSSR count). The number of imidazole rings is 1. The average Bonchev–Trinajstić information content (AvgIpc) is 3.28. The highest BCUT2D eigenvalue weighted by molar-refractivity contribution is 5.86. The molecule has 3 aromatic heterocycles. The molecule has 0 aliphatic carbocycles. The second kappa shape index (κ2) is 5.69. The number of fused-ring (bicyclic) bond motifs is 2. The van der Waals surface area contributed by atoms with Gasteiger partial charge in [0.1, 0.15) is 5.69 Å².